The fraction of sp³-hybridized carbons (Fsp3) is 0.857. The Kier molecular flexibility index (Phi) is 7.54. The molecule has 1 aliphatic rings. The van der Waals surface area contributed by atoms with Gasteiger partial charge in [-0.3, -0.25) is 15.0 Å². The summed E-state index contributed by atoms with van der Waals surface area (Å²) < 4.78 is 0. The summed E-state index contributed by atoms with van der Waals surface area (Å²) >= 11 is 0. The lowest BCUT2D eigenvalue weighted by Crippen LogP contribution is -2.47. The van der Waals surface area contributed by atoms with E-state index in [0.717, 1.165) is 32.4 Å². The zero-order chi connectivity index (χ0) is 15.0. The summed E-state index contributed by atoms with van der Waals surface area (Å²) in [4.78, 5) is 25.2. The highest BCUT2D eigenvalue weighted by atomic mass is 16.3. The molecule has 1 fully saturated rings. The van der Waals surface area contributed by atoms with Crippen LogP contribution >= 0.6 is 0 Å². The highest BCUT2D eigenvalue weighted by Crippen LogP contribution is 2.14. The lowest BCUT2D eigenvalue weighted by atomic mass is 9.99. The van der Waals surface area contributed by atoms with E-state index < -0.39 is 6.03 Å². The molecule has 6 heteroatoms. The number of nitrogens with zero attached hydrogens (tertiary/aromatic N) is 1. The molecule has 0 spiro atoms. The zero-order valence-electron chi connectivity index (χ0n) is 12.5. The molecule has 1 atom stereocenters. The number of carbonyl (C=O) groups excluding carboxylic acids is 2. The van der Waals surface area contributed by atoms with E-state index in [2.05, 4.69) is 24.5 Å². The first-order chi connectivity index (χ1) is 9.51. The Bertz CT molecular complexity index is 321. The number of hydrogen-bond acceptors (Lipinski definition) is 4. The maximum Gasteiger partial charge on any atom is 0.321 e. The van der Waals surface area contributed by atoms with Crippen molar-refractivity contribution in [3.05, 3.63) is 0 Å². The molecular formula is C14H27N3O3. The fourth-order valence-corrected chi connectivity index (χ4v) is 2.33. The maximum atomic E-state index is 11.7. The SMILES string of the molecule is CC(C)CCNC(=O)NC(=O)CN1CCCC(CO)C1. The van der Waals surface area contributed by atoms with Crippen molar-refractivity contribution >= 4 is 11.9 Å². The predicted molar refractivity (Wildman–Crippen MR) is 77.2 cm³/mol. The third kappa shape index (κ3) is 6.86. The fourth-order valence-electron chi connectivity index (χ4n) is 2.33. The lowest BCUT2D eigenvalue weighted by Gasteiger charge is -2.30. The van der Waals surface area contributed by atoms with Crippen LogP contribution in [0.15, 0.2) is 0 Å². The highest BCUT2D eigenvalue weighted by molar-refractivity contribution is 5.95. The van der Waals surface area contributed by atoms with E-state index >= 15 is 0 Å². The van der Waals surface area contributed by atoms with Crippen molar-refractivity contribution in [3.63, 3.8) is 0 Å². The topological polar surface area (TPSA) is 81.7 Å². The number of piperidine rings is 1. The van der Waals surface area contributed by atoms with Gasteiger partial charge in [0.1, 0.15) is 0 Å². The van der Waals surface area contributed by atoms with E-state index in [9.17, 15) is 9.59 Å². The molecule has 6 nitrogen and oxygen atoms in total. The van der Waals surface area contributed by atoms with Gasteiger partial charge < -0.3 is 10.4 Å². The number of carbonyl (C=O) groups is 2. The Labute approximate surface area is 120 Å². The van der Waals surface area contributed by atoms with Crippen LogP contribution in [0.2, 0.25) is 0 Å². The number of imide groups is 1. The van der Waals surface area contributed by atoms with E-state index in [1.807, 2.05) is 4.90 Å². The van der Waals surface area contributed by atoms with Crippen molar-refractivity contribution in [2.24, 2.45) is 11.8 Å². The second kappa shape index (κ2) is 8.92. The van der Waals surface area contributed by atoms with E-state index in [4.69, 9.17) is 5.11 Å². The van der Waals surface area contributed by atoms with Crippen LogP contribution in [0.1, 0.15) is 33.1 Å². The molecule has 1 heterocycles. The number of likely N-dealkylation sites (tertiary alicyclic amines) is 1. The molecule has 1 saturated heterocycles. The van der Waals surface area contributed by atoms with Crippen molar-refractivity contribution < 1.29 is 14.7 Å². The normalized spacial score (nSPS) is 19.9. The Morgan fingerprint density at radius 2 is 2.15 bits per heavy atom. The van der Waals surface area contributed by atoms with Gasteiger partial charge in [0.15, 0.2) is 0 Å². The first-order valence-electron chi connectivity index (χ1n) is 7.42. The molecule has 1 rings (SSSR count). The van der Waals surface area contributed by atoms with Gasteiger partial charge >= 0.3 is 6.03 Å². The molecule has 0 saturated carbocycles. The Morgan fingerprint density at radius 3 is 2.80 bits per heavy atom. The van der Waals surface area contributed by atoms with Gasteiger partial charge in [-0.05, 0) is 37.6 Å². The Hall–Kier alpha value is -1.14. The van der Waals surface area contributed by atoms with Crippen LogP contribution in [0, 0.1) is 11.8 Å². The average Bonchev–Trinajstić information content (AvgIpc) is 2.38. The lowest BCUT2D eigenvalue weighted by molar-refractivity contribution is -0.121. The van der Waals surface area contributed by atoms with Crippen LogP contribution in [0.4, 0.5) is 4.79 Å². The highest BCUT2D eigenvalue weighted by Gasteiger charge is 2.21. The van der Waals surface area contributed by atoms with E-state index in [0.29, 0.717) is 12.5 Å². The summed E-state index contributed by atoms with van der Waals surface area (Å²) in [7, 11) is 0. The number of nitrogens with one attached hydrogen (secondary N) is 2. The number of hydrogen-bond donors (Lipinski definition) is 3. The summed E-state index contributed by atoms with van der Waals surface area (Å²) in [6, 6.07) is -0.425. The van der Waals surface area contributed by atoms with Gasteiger partial charge in [-0.15, -0.1) is 0 Å². The van der Waals surface area contributed by atoms with Crippen LogP contribution < -0.4 is 10.6 Å². The molecule has 116 valence electrons. The average molecular weight is 285 g/mol. The summed E-state index contributed by atoms with van der Waals surface area (Å²) in [6.45, 7) is 6.68. The quantitative estimate of drug-likeness (QED) is 0.666. The number of aliphatic hydroxyl groups is 1. The molecule has 0 aliphatic carbocycles. The monoisotopic (exact) mass is 285 g/mol. The largest absolute Gasteiger partial charge is 0.396 e. The number of aliphatic hydroxyl groups excluding tert-OH is 1. The molecule has 20 heavy (non-hydrogen) atoms. The van der Waals surface area contributed by atoms with Crippen LogP contribution in [0.25, 0.3) is 0 Å². The third-order valence-electron chi connectivity index (χ3n) is 3.49. The summed E-state index contributed by atoms with van der Waals surface area (Å²) in [5.74, 6) is 0.483. The molecule has 0 radical (unpaired) electrons. The summed E-state index contributed by atoms with van der Waals surface area (Å²) in [6.07, 6.45) is 2.88. The van der Waals surface area contributed by atoms with Crippen LogP contribution in [0.3, 0.4) is 0 Å². The number of amides is 3. The van der Waals surface area contributed by atoms with Gasteiger partial charge in [-0.2, -0.15) is 0 Å². The third-order valence-corrected chi connectivity index (χ3v) is 3.49. The minimum atomic E-state index is -0.425. The zero-order valence-corrected chi connectivity index (χ0v) is 12.5. The van der Waals surface area contributed by atoms with Crippen LogP contribution in [-0.2, 0) is 4.79 Å². The molecule has 0 bridgehead atoms. The first kappa shape index (κ1) is 16.9. The van der Waals surface area contributed by atoms with Crippen LogP contribution in [-0.4, -0.2) is 54.7 Å². The standard InChI is InChI=1S/C14H27N3O3/c1-11(2)5-6-15-14(20)16-13(19)9-17-7-3-4-12(8-17)10-18/h11-12,18H,3-10H2,1-2H3,(H2,15,16,19,20). The molecule has 1 aliphatic heterocycles. The van der Waals surface area contributed by atoms with Gasteiger partial charge in [0.2, 0.25) is 5.91 Å². The Balaban J connectivity index is 2.20. The van der Waals surface area contributed by atoms with E-state index in [-0.39, 0.29) is 25.0 Å². The Morgan fingerprint density at radius 1 is 1.40 bits per heavy atom. The first-order valence-corrected chi connectivity index (χ1v) is 7.42. The molecular weight excluding hydrogens is 258 g/mol. The van der Waals surface area contributed by atoms with Gasteiger partial charge in [-0.1, -0.05) is 13.8 Å². The molecule has 0 aromatic carbocycles. The van der Waals surface area contributed by atoms with Crippen molar-refractivity contribution in [3.8, 4) is 0 Å². The second-order valence-electron chi connectivity index (χ2n) is 5.91. The minimum Gasteiger partial charge on any atom is -0.396 e. The van der Waals surface area contributed by atoms with Gasteiger partial charge in [-0.25, -0.2) is 4.79 Å². The summed E-state index contributed by atoms with van der Waals surface area (Å²) in [5.41, 5.74) is 0. The molecule has 3 N–H and O–H groups in total. The van der Waals surface area contributed by atoms with Gasteiger partial charge in [0, 0.05) is 19.7 Å². The predicted octanol–water partition coefficient (Wildman–Crippen LogP) is 0.563. The van der Waals surface area contributed by atoms with Gasteiger partial charge in [0.25, 0.3) is 0 Å². The molecule has 3 amide bonds. The minimum absolute atomic E-state index is 0.161. The van der Waals surface area contributed by atoms with Crippen LogP contribution in [0.5, 0.6) is 0 Å². The van der Waals surface area contributed by atoms with Crippen molar-refractivity contribution in [1.82, 2.24) is 15.5 Å². The summed E-state index contributed by atoms with van der Waals surface area (Å²) in [5, 5.41) is 14.2. The van der Waals surface area contributed by atoms with Crippen molar-refractivity contribution in [2.75, 3.05) is 32.8 Å². The maximum absolute atomic E-state index is 11.7. The van der Waals surface area contributed by atoms with Crippen molar-refractivity contribution in [2.45, 2.75) is 33.1 Å². The van der Waals surface area contributed by atoms with E-state index in [1.165, 1.54) is 0 Å². The molecule has 1 unspecified atom stereocenters. The molecule has 0 aromatic heterocycles. The smallest absolute Gasteiger partial charge is 0.321 e. The van der Waals surface area contributed by atoms with Gasteiger partial charge in [0.05, 0.1) is 6.54 Å². The second-order valence-corrected chi connectivity index (χ2v) is 5.91. The number of urea groups is 1. The van der Waals surface area contributed by atoms with Crippen molar-refractivity contribution in [1.29, 1.82) is 0 Å². The molecule has 0 aromatic rings. The van der Waals surface area contributed by atoms with E-state index in [1.54, 1.807) is 0 Å². The number of rotatable bonds is 6.